The summed E-state index contributed by atoms with van der Waals surface area (Å²) in [5.74, 6) is 1.90. The third kappa shape index (κ3) is 1.85. The van der Waals surface area contributed by atoms with Gasteiger partial charge in [-0.1, -0.05) is 11.3 Å². The minimum atomic E-state index is 0.451. The third-order valence-electron chi connectivity index (χ3n) is 2.65. The van der Waals surface area contributed by atoms with E-state index in [1.165, 1.54) is 11.3 Å². The molecule has 3 aromatic rings. The summed E-state index contributed by atoms with van der Waals surface area (Å²) in [7, 11) is 3.18. The maximum absolute atomic E-state index is 5.66. The van der Waals surface area contributed by atoms with Crippen LogP contribution in [0.3, 0.4) is 0 Å². The zero-order valence-electron chi connectivity index (χ0n) is 10.3. The Morgan fingerprint density at radius 1 is 1.16 bits per heavy atom. The van der Waals surface area contributed by atoms with Gasteiger partial charge in [-0.3, -0.25) is 0 Å². The molecule has 98 valence electrons. The quantitative estimate of drug-likeness (QED) is 0.779. The van der Waals surface area contributed by atoms with Gasteiger partial charge in [0.05, 0.1) is 14.2 Å². The van der Waals surface area contributed by atoms with E-state index in [9.17, 15) is 0 Å². The van der Waals surface area contributed by atoms with Gasteiger partial charge in [0, 0.05) is 5.56 Å². The second kappa shape index (κ2) is 4.39. The van der Waals surface area contributed by atoms with Crippen LogP contribution in [0.5, 0.6) is 11.5 Å². The first kappa shape index (κ1) is 11.7. The number of nitrogens with two attached hydrogens (primary N) is 1. The van der Waals surface area contributed by atoms with Gasteiger partial charge in [-0.15, -0.1) is 15.3 Å². The highest BCUT2D eigenvalue weighted by molar-refractivity contribution is 7.20. The van der Waals surface area contributed by atoms with Crippen LogP contribution in [-0.2, 0) is 0 Å². The molecule has 7 nitrogen and oxygen atoms in total. The van der Waals surface area contributed by atoms with Crippen LogP contribution in [0, 0.1) is 0 Å². The number of benzene rings is 1. The molecule has 2 heterocycles. The van der Waals surface area contributed by atoms with E-state index in [1.807, 2.05) is 18.2 Å². The molecular formula is C11H11N5O2S. The Morgan fingerprint density at radius 2 is 1.95 bits per heavy atom. The van der Waals surface area contributed by atoms with Gasteiger partial charge in [0.15, 0.2) is 17.3 Å². The molecule has 8 heteroatoms. The fourth-order valence-corrected chi connectivity index (χ4v) is 2.39. The van der Waals surface area contributed by atoms with Crippen molar-refractivity contribution in [3.8, 4) is 22.9 Å². The number of fused-ring (bicyclic) bond motifs is 1. The van der Waals surface area contributed by atoms with E-state index in [0.29, 0.717) is 27.4 Å². The van der Waals surface area contributed by atoms with E-state index in [4.69, 9.17) is 15.2 Å². The summed E-state index contributed by atoms with van der Waals surface area (Å²) in [5, 5.41) is 12.8. The van der Waals surface area contributed by atoms with E-state index in [1.54, 1.807) is 18.7 Å². The average molecular weight is 277 g/mol. The minimum absolute atomic E-state index is 0.451. The number of rotatable bonds is 3. The molecule has 2 N–H and O–H groups in total. The summed E-state index contributed by atoms with van der Waals surface area (Å²) in [4.78, 5) is 0.655. The molecule has 0 saturated carbocycles. The van der Waals surface area contributed by atoms with Crippen LogP contribution >= 0.6 is 11.3 Å². The monoisotopic (exact) mass is 277 g/mol. The third-order valence-corrected chi connectivity index (χ3v) is 3.38. The van der Waals surface area contributed by atoms with Crippen molar-refractivity contribution >= 4 is 21.4 Å². The highest BCUT2D eigenvalue weighted by Crippen LogP contribution is 2.32. The Morgan fingerprint density at radius 3 is 2.68 bits per heavy atom. The molecule has 0 amide bonds. The van der Waals surface area contributed by atoms with Crippen LogP contribution in [0.1, 0.15) is 0 Å². The van der Waals surface area contributed by atoms with Gasteiger partial charge >= 0.3 is 0 Å². The van der Waals surface area contributed by atoms with Crippen LogP contribution in [0.4, 0.5) is 5.13 Å². The van der Waals surface area contributed by atoms with E-state index < -0.39 is 0 Å². The molecule has 0 unspecified atom stereocenters. The van der Waals surface area contributed by atoms with E-state index >= 15 is 0 Å². The summed E-state index contributed by atoms with van der Waals surface area (Å²) in [6, 6.07) is 5.50. The van der Waals surface area contributed by atoms with Crippen molar-refractivity contribution in [2.24, 2.45) is 0 Å². The normalized spacial score (nSPS) is 10.8. The molecule has 2 aromatic heterocycles. The summed E-state index contributed by atoms with van der Waals surface area (Å²) < 4.78 is 12.1. The maximum atomic E-state index is 5.66. The number of anilines is 1. The molecule has 3 rings (SSSR count). The first-order valence-corrected chi connectivity index (χ1v) is 6.24. The zero-order valence-corrected chi connectivity index (χ0v) is 11.1. The van der Waals surface area contributed by atoms with Crippen LogP contribution in [0.25, 0.3) is 16.3 Å². The van der Waals surface area contributed by atoms with Gasteiger partial charge in [-0.2, -0.15) is 4.52 Å². The second-order valence-electron chi connectivity index (χ2n) is 3.73. The van der Waals surface area contributed by atoms with Crippen LogP contribution in [0.2, 0.25) is 0 Å². The molecule has 0 atom stereocenters. The largest absolute Gasteiger partial charge is 0.493 e. The van der Waals surface area contributed by atoms with Gasteiger partial charge in [0.25, 0.3) is 0 Å². The number of aromatic nitrogens is 4. The lowest BCUT2D eigenvalue weighted by atomic mass is 10.2. The topological polar surface area (TPSA) is 87.6 Å². The molecule has 0 aliphatic rings. The minimum Gasteiger partial charge on any atom is -0.493 e. The summed E-state index contributed by atoms with van der Waals surface area (Å²) in [6.45, 7) is 0. The predicted molar refractivity (Wildman–Crippen MR) is 71.6 cm³/mol. The Labute approximate surface area is 112 Å². The summed E-state index contributed by atoms with van der Waals surface area (Å²) in [6.07, 6.45) is 0. The Hall–Kier alpha value is -2.35. The van der Waals surface area contributed by atoms with Crippen molar-refractivity contribution in [2.45, 2.75) is 0 Å². The molecule has 0 radical (unpaired) electrons. The summed E-state index contributed by atoms with van der Waals surface area (Å²) >= 11 is 1.29. The van der Waals surface area contributed by atoms with Gasteiger partial charge in [-0.05, 0) is 18.2 Å². The molecule has 0 saturated heterocycles. The Balaban J connectivity index is 2.15. The van der Waals surface area contributed by atoms with Gasteiger partial charge in [-0.25, -0.2) is 0 Å². The van der Waals surface area contributed by atoms with Crippen molar-refractivity contribution in [3.63, 3.8) is 0 Å². The maximum Gasteiger partial charge on any atom is 0.236 e. The van der Waals surface area contributed by atoms with E-state index in [0.717, 1.165) is 5.56 Å². The number of nitrogen functional groups attached to an aromatic ring is 1. The molecular weight excluding hydrogens is 266 g/mol. The van der Waals surface area contributed by atoms with Gasteiger partial charge in [0.2, 0.25) is 10.1 Å². The summed E-state index contributed by atoms with van der Waals surface area (Å²) in [5.41, 5.74) is 6.49. The van der Waals surface area contributed by atoms with Gasteiger partial charge in [0.1, 0.15) is 0 Å². The molecule has 0 aliphatic heterocycles. The molecule has 1 aromatic carbocycles. The lowest BCUT2D eigenvalue weighted by Crippen LogP contribution is -1.94. The van der Waals surface area contributed by atoms with Crippen LogP contribution in [0.15, 0.2) is 18.2 Å². The number of ether oxygens (including phenoxy) is 2. The van der Waals surface area contributed by atoms with Crippen molar-refractivity contribution in [3.05, 3.63) is 18.2 Å². The fraction of sp³-hybridized carbons (Fsp3) is 0.182. The first-order chi connectivity index (χ1) is 9.22. The molecule has 0 fully saturated rings. The Kier molecular flexibility index (Phi) is 2.71. The van der Waals surface area contributed by atoms with Crippen LogP contribution in [-0.4, -0.2) is 34.0 Å². The van der Waals surface area contributed by atoms with Crippen molar-refractivity contribution in [1.82, 2.24) is 19.8 Å². The SMILES string of the molecule is COc1ccc(-c2nnc3sc(N)nn23)cc1OC. The standard InChI is InChI=1S/C11H11N5O2S/c1-17-7-4-3-6(5-8(7)18-2)9-13-14-11-16(9)15-10(12)19-11/h3-5H,1-2H3,(H2,12,15). The Bertz CT molecular complexity index is 736. The molecule has 0 bridgehead atoms. The van der Waals surface area contributed by atoms with Gasteiger partial charge < -0.3 is 15.2 Å². The predicted octanol–water partition coefficient (Wildman–Crippen LogP) is 1.45. The van der Waals surface area contributed by atoms with Crippen molar-refractivity contribution in [1.29, 1.82) is 0 Å². The number of nitrogens with zero attached hydrogens (tertiary/aromatic N) is 4. The number of hydrogen-bond acceptors (Lipinski definition) is 7. The van der Waals surface area contributed by atoms with Crippen molar-refractivity contribution < 1.29 is 9.47 Å². The lowest BCUT2D eigenvalue weighted by Gasteiger charge is -2.08. The number of methoxy groups -OCH3 is 2. The number of hydrogen-bond donors (Lipinski definition) is 1. The highest BCUT2D eigenvalue weighted by Gasteiger charge is 2.14. The second-order valence-corrected chi connectivity index (χ2v) is 4.72. The molecule has 19 heavy (non-hydrogen) atoms. The zero-order chi connectivity index (χ0) is 13.4. The van der Waals surface area contributed by atoms with Crippen molar-refractivity contribution in [2.75, 3.05) is 20.0 Å². The van der Waals surface area contributed by atoms with E-state index in [2.05, 4.69) is 15.3 Å². The lowest BCUT2D eigenvalue weighted by molar-refractivity contribution is 0.355. The molecule has 0 aliphatic carbocycles. The average Bonchev–Trinajstić information content (AvgIpc) is 2.96. The fourth-order valence-electron chi connectivity index (χ4n) is 1.79. The van der Waals surface area contributed by atoms with Crippen LogP contribution < -0.4 is 15.2 Å². The first-order valence-electron chi connectivity index (χ1n) is 5.43. The highest BCUT2D eigenvalue weighted by atomic mass is 32.1. The van der Waals surface area contributed by atoms with E-state index in [-0.39, 0.29) is 0 Å². The smallest absolute Gasteiger partial charge is 0.236 e. The molecule has 0 spiro atoms.